The van der Waals surface area contributed by atoms with Crippen molar-refractivity contribution < 1.29 is 23.1 Å². The fourth-order valence-electron chi connectivity index (χ4n) is 2.85. The van der Waals surface area contributed by atoms with Crippen molar-refractivity contribution in [2.45, 2.75) is 53.5 Å². The highest BCUT2D eigenvalue weighted by Crippen LogP contribution is 2.18. The zero-order valence-electron chi connectivity index (χ0n) is 18.9. The Bertz CT molecular complexity index is 930. The Morgan fingerprint density at radius 2 is 1.94 bits per heavy atom. The Morgan fingerprint density at radius 3 is 2.59 bits per heavy atom. The van der Waals surface area contributed by atoms with Gasteiger partial charge in [0.1, 0.15) is 0 Å². The summed E-state index contributed by atoms with van der Waals surface area (Å²) in [5, 5.41) is 5.69. The number of ether oxygens (including phenoxy) is 1. The fraction of sp³-hybridized carbons (Fsp3) is 0.478. The summed E-state index contributed by atoms with van der Waals surface area (Å²) in [5.41, 5.74) is 1.94. The second-order valence-electron chi connectivity index (χ2n) is 8.30. The first-order valence-electron chi connectivity index (χ1n) is 10.5. The van der Waals surface area contributed by atoms with Crippen LogP contribution in [0.3, 0.4) is 0 Å². The Balaban J connectivity index is 1.99. The van der Waals surface area contributed by atoms with Crippen LogP contribution in [-0.2, 0) is 24.2 Å². The van der Waals surface area contributed by atoms with Crippen molar-refractivity contribution in [1.29, 1.82) is 0 Å². The van der Waals surface area contributed by atoms with E-state index in [2.05, 4.69) is 20.6 Å². The molecule has 0 spiro atoms. The largest absolute Gasteiger partial charge is 0.471 e. The molecule has 0 aliphatic heterocycles. The van der Waals surface area contributed by atoms with Crippen LogP contribution in [0.2, 0.25) is 0 Å². The van der Waals surface area contributed by atoms with Gasteiger partial charge in [0.2, 0.25) is 11.8 Å². The van der Waals surface area contributed by atoms with Crippen LogP contribution in [0.1, 0.15) is 54.9 Å². The lowest BCUT2D eigenvalue weighted by atomic mass is 9.95. The van der Waals surface area contributed by atoms with Gasteiger partial charge in [-0.25, -0.2) is 13.8 Å². The summed E-state index contributed by atoms with van der Waals surface area (Å²) in [6.45, 7) is 7.24. The molecule has 32 heavy (non-hydrogen) atoms. The van der Waals surface area contributed by atoms with Crippen LogP contribution in [-0.4, -0.2) is 41.4 Å². The number of alkyl halides is 2. The average molecular weight is 449 g/mol. The molecule has 0 unspecified atom stereocenters. The van der Waals surface area contributed by atoms with Crippen LogP contribution in [0.15, 0.2) is 30.6 Å². The van der Waals surface area contributed by atoms with Crippen LogP contribution in [0.4, 0.5) is 8.78 Å². The van der Waals surface area contributed by atoms with Crippen molar-refractivity contribution in [1.82, 2.24) is 20.6 Å². The van der Waals surface area contributed by atoms with E-state index in [4.69, 9.17) is 4.74 Å². The van der Waals surface area contributed by atoms with Crippen molar-refractivity contribution >= 4 is 11.8 Å². The Kier molecular flexibility index (Phi) is 9.04. The van der Waals surface area contributed by atoms with E-state index in [0.717, 1.165) is 5.56 Å². The number of halogens is 2. The van der Waals surface area contributed by atoms with Gasteiger partial charge in [0.25, 0.3) is 12.3 Å². The standard InChI is InChI=1S/C23H30F2N4O3/c1-5-16-11-15(13-29-21(16)32-14-19(24)25)12-28-20(30)17-7-6-9-26-18(17)8-10-27-22(31)23(2,3)4/h6-7,9,11,13,19H,5,8,10,12,14H2,1-4H3,(H,27,31)(H,28,30). The first-order chi connectivity index (χ1) is 15.1. The third kappa shape index (κ3) is 7.55. The van der Waals surface area contributed by atoms with Gasteiger partial charge < -0.3 is 15.4 Å². The van der Waals surface area contributed by atoms with Crippen molar-refractivity contribution in [2.24, 2.45) is 5.41 Å². The van der Waals surface area contributed by atoms with E-state index >= 15 is 0 Å². The third-order valence-corrected chi connectivity index (χ3v) is 4.63. The molecule has 0 saturated carbocycles. The number of carbonyl (C=O) groups is 2. The van der Waals surface area contributed by atoms with Gasteiger partial charge in [-0.1, -0.05) is 27.7 Å². The Labute approximate surface area is 187 Å². The number of hydrogen-bond acceptors (Lipinski definition) is 5. The smallest absolute Gasteiger partial charge is 0.272 e. The third-order valence-electron chi connectivity index (χ3n) is 4.63. The zero-order chi connectivity index (χ0) is 23.7. The minimum atomic E-state index is -2.57. The maximum atomic E-state index is 12.7. The average Bonchev–Trinajstić information content (AvgIpc) is 2.75. The normalized spacial score (nSPS) is 11.3. The van der Waals surface area contributed by atoms with E-state index in [9.17, 15) is 18.4 Å². The van der Waals surface area contributed by atoms with Gasteiger partial charge in [-0.2, -0.15) is 0 Å². The van der Waals surface area contributed by atoms with Gasteiger partial charge in [0.05, 0.1) is 11.3 Å². The van der Waals surface area contributed by atoms with E-state index in [0.29, 0.717) is 36.2 Å². The lowest BCUT2D eigenvalue weighted by molar-refractivity contribution is -0.128. The molecule has 0 atom stereocenters. The zero-order valence-corrected chi connectivity index (χ0v) is 18.9. The lowest BCUT2D eigenvalue weighted by Gasteiger charge is -2.17. The lowest BCUT2D eigenvalue weighted by Crippen LogP contribution is -2.36. The molecular weight excluding hydrogens is 418 g/mol. The summed E-state index contributed by atoms with van der Waals surface area (Å²) in [5.74, 6) is -0.194. The quantitative estimate of drug-likeness (QED) is 0.582. The molecule has 2 amide bonds. The number of amides is 2. The minimum Gasteiger partial charge on any atom is -0.471 e. The molecule has 2 aromatic rings. The molecule has 2 aromatic heterocycles. The van der Waals surface area contributed by atoms with E-state index in [1.807, 2.05) is 27.7 Å². The maximum Gasteiger partial charge on any atom is 0.272 e. The predicted octanol–water partition coefficient (Wildman–Crippen LogP) is 3.32. The molecule has 0 aliphatic carbocycles. The highest BCUT2D eigenvalue weighted by Gasteiger charge is 2.21. The van der Waals surface area contributed by atoms with E-state index < -0.39 is 18.4 Å². The highest BCUT2D eigenvalue weighted by molar-refractivity contribution is 5.95. The molecule has 0 radical (unpaired) electrons. The first-order valence-corrected chi connectivity index (χ1v) is 10.5. The van der Waals surface area contributed by atoms with E-state index in [-0.39, 0.29) is 24.2 Å². The summed E-state index contributed by atoms with van der Waals surface area (Å²) < 4.78 is 29.8. The molecular formula is C23H30F2N4O3. The van der Waals surface area contributed by atoms with E-state index in [1.54, 1.807) is 24.4 Å². The number of nitrogens with one attached hydrogen (secondary N) is 2. The van der Waals surface area contributed by atoms with Crippen molar-refractivity contribution in [2.75, 3.05) is 13.2 Å². The molecule has 2 rings (SSSR count). The van der Waals surface area contributed by atoms with Gasteiger partial charge in [-0.3, -0.25) is 14.6 Å². The predicted molar refractivity (Wildman–Crippen MR) is 117 cm³/mol. The van der Waals surface area contributed by atoms with Crippen LogP contribution in [0.5, 0.6) is 5.88 Å². The number of rotatable bonds is 10. The van der Waals surface area contributed by atoms with Crippen LogP contribution in [0.25, 0.3) is 0 Å². The summed E-state index contributed by atoms with van der Waals surface area (Å²) >= 11 is 0. The molecule has 2 N–H and O–H groups in total. The van der Waals surface area contributed by atoms with Gasteiger partial charge in [-0.15, -0.1) is 0 Å². The van der Waals surface area contributed by atoms with Gasteiger partial charge >= 0.3 is 0 Å². The number of carbonyl (C=O) groups excluding carboxylic acids is 2. The summed E-state index contributed by atoms with van der Waals surface area (Å²) in [7, 11) is 0. The van der Waals surface area contributed by atoms with E-state index in [1.165, 1.54) is 6.20 Å². The van der Waals surface area contributed by atoms with Crippen LogP contribution in [0, 0.1) is 5.41 Å². The molecule has 0 saturated heterocycles. The second kappa shape index (κ2) is 11.5. The summed E-state index contributed by atoms with van der Waals surface area (Å²) in [6.07, 6.45) is 1.50. The molecule has 2 heterocycles. The maximum absolute atomic E-state index is 12.7. The monoisotopic (exact) mass is 448 g/mol. The molecule has 9 heteroatoms. The Hall–Kier alpha value is -3.10. The number of hydrogen-bond donors (Lipinski definition) is 2. The summed E-state index contributed by atoms with van der Waals surface area (Å²) in [4.78, 5) is 33.1. The molecule has 0 fully saturated rings. The van der Waals surface area contributed by atoms with Gasteiger partial charge in [-0.05, 0) is 30.2 Å². The first kappa shape index (κ1) is 25.2. The number of nitrogens with zero attached hydrogens (tertiary/aromatic N) is 2. The van der Waals surface area contributed by atoms with Crippen LogP contribution < -0.4 is 15.4 Å². The van der Waals surface area contributed by atoms with Crippen molar-refractivity contribution in [3.05, 3.63) is 53.0 Å². The molecule has 7 nitrogen and oxygen atoms in total. The Morgan fingerprint density at radius 1 is 1.19 bits per heavy atom. The molecule has 0 bridgehead atoms. The van der Waals surface area contributed by atoms with Crippen molar-refractivity contribution in [3.8, 4) is 5.88 Å². The highest BCUT2D eigenvalue weighted by atomic mass is 19.3. The van der Waals surface area contributed by atoms with Gasteiger partial charge in [0.15, 0.2) is 6.61 Å². The number of pyridine rings is 2. The minimum absolute atomic E-state index is 0.0698. The van der Waals surface area contributed by atoms with Crippen LogP contribution >= 0.6 is 0 Å². The molecule has 0 aliphatic rings. The summed E-state index contributed by atoms with van der Waals surface area (Å²) in [6, 6.07) is 5.14. The second-order valence-corrected chi connectivity index (χ2v) is 8.30. The van der Waals surface area contributed by atoms with Crippen molar-refractivity contribution in [3.63, 3.8) is 0 Å². The van der Waals surface area contributed by atoms with Gasteiger partial charge in [0, 0.05) is 42.9 Å². The topological polar surface area (TPSA) is 93.2 Å². The molecule has 0 aromatic carbocycles. The SMILES string of the molecule is CCc1cc(CNC(=O)c2cccnc2CCNC(=O)C(C)(C)C)cnc1OCC(F)F. The molecule has 174 valence electrons. The number of aromatic nitrogens is 2. The fourth-order valence-corrected chi connectivity index (χ4v) is 2.85. The number of aryl methyl sites for hydroxylation is 1.